The van der Waals surface area contributed by atoms with E-state index in [1.165, 1.54) is 5.56 Å². The second kappa shape index (κ2) is 9.01. The Balaban J connectivity index is 1.26. The Morgan fingerprint density at radius 2 is 1.79 bits per heavy atom. The van der Waals surface area contributed by atoms with Gasteiger partial charge in [0.25, 0.3) is 5.91 Å². The number of pyridine rings is 1. The second-order valence-electron chi connectivity index (χ2n) is 6.68. The maximum atomic E-state index is 12.4. The minimum absolute atomic E-state index is 0.215. The third-order valence-electron chi connectivity index (χ3n) is 4.62. The van der Waals surface area contributed by atoms with Crippen LogP contribution in [0.5, 0.6) is 5.75 Å². The van der Waals surface area contributed by atoms with Crippen LogP contribution in [0, 0.1) is 0 Å². The van der Waals surface area contributed by atoms with Crippen molar-refractivity contribution in [2.24, 2.45) is 5.16 Å². The van der Waals surface area contributed by atoms with Crippen molar-refractivity contribution in [3.05, 3.63) is 90.3 Å². The van der Waals surface area contributed by atoms with Crippen molar-refractivity contribution < 1.29 is 14.4 Å². The fraction of sp³-hybridized carbons (Fsp3) is 0.174. The molecule has 0 unspecified atom stereocenters. The maximum Gasteiger partial charge on any atom is 0.273 e. The summed E-state index contributed by atoms with van der Waals surface area (Å²) < 4.78 is 5.76. The molecule has 6 nitrogen and oxygen atoms in total. The Labute approximate surface area is 169 Å². The lowest BCUT2D eigenvalue weighted by atomic mass is 10.0. The molecule has 0 bridgehead atoms. The van der Waals surface area contributed by atoms with Gasteiger partial charge < -0.3 is 14.9 Å². The minimum atomic E-state index is -0.255. The molecule has 4 rings (SSSR count). The molecule has 1 N–H and O–H groups in total. The average Bonchev–Trinajstić information content (AvgIpc) is 3.27. The van der Waals surface area contributed by atoms with Gasteiger partial charge in [0.15, 0.2) is 6.10 Å². The lowest BCUT2D eigenvalue weighted by Gasteiger charge is -2.09. The minimum Gasteiger partial charge on any atom is -0.493 e. The van der Waals surface area contributed by atoms with Crippen LogP contribution in [-0.4, -0.2) is 23.2 Å². The Hall–Kier alpha value is -3.67. The zero-order valence-electron chi connectivity index (χ0n) is 15.8. The summed E-state index contributed by atoms with van der Waals surface area (Å²) in [7, 11) is 0. The molecule has 6 heteroatoms. The van der Waals surface area contributed by atoms with E-state index < -0.39 is 0 Å². The number of hydrogen-bond donors (Lipinski definition) is 1. The van der Waals surface area contributed by atoms with Gasteiger partial charge in [-0.3, -0.25) is 9.78 Å². The summed E-state index contributed by atoms with van der Waals surface area (Å²) in [4.78, 5) is 21.9. The third kappa shape index (κ3) is 4.99. The number of aromatic nitrogens is 1. The Morgan fingerprint density at radius 1 is 1.03 bits per heavy atom. The van der Waals surface area contributed by atoms with Crippen molar-refractivity contribution in [2.75, 3.05) is 11.9 Å². The molecule has 0 aliphatic carbocycles. The normalized spacial score (nSPS) is 15.3. The number of benzene rings is 2. The van der Waals surface area contributed by atoms with Crippen molar-refractivity contribution in [1.82, 2.24) is 4.98 Å². The van der Waals surface area contributed by atoms with Crippen LogP contribution in [-0.2, 0) is 16.1 Å². The number of nitrogens with zero attached hydrogens (tertiary/aromatic N) is 2. The standard InChI is InChI=1S/C23H21N3O3/c27-23(21-16-22(29-26-21)18-4-2-1-3-5-18)25-19-6-8-20(9-7-19)28-15-12-17-10-13-24-14-11-17/h1-11,13-14,22H,12,15-16H2,(H,25,27)/t22-/m1/s1. The summed E-state index contributed by atoms with van der Waals surface area (Å²) in [5.74, 6) is 0.498. The monoisotopic (exact) mass is 387 g/mol. The van der Waals surface area contributed by atoms with E-state index in [-0.39, 0.29) is 12.0 Å². The van der Waals surface area contributed by atoms with Gasteiger partial charge in [-0.1, -0.05) is 35.5 Å². The molecular formula is C23H21N3O3. The Morgan fingerprint density at radius 3 is 2.55 bits per heavy atom. The summed E-state index contributed by atoms with van der Waals surface area (Å²) >= 11 is 0. The number of nitrogens with one attached hydrogen (secondary N) is 1. The molecule has 0 fully saturated rings. The van der Waals surface area contributed by atoms with Crippen LogP contribution < -0.4 is 10.1 Å². The molecule has 146 valence electrons. The SMILES string of the molecule is O=C(Nc1ccc(OCCc2ccncc2)cc1)C1=NO[C@@H](c2ccccc2)C1. The van der Waals surface area contributed by atoms with Gasteiger partial charge in [-0.2, -0.15) is 0 Å². The Kier molecular flexibility index (Phi) is 5.81. The highest BCUT2D eigenvalue weighted by atomic mass is 16.6. The van der Waals surface area contributed by atoms with Gasteiger partial charge in [0.05, 0.1) is 6.61 Å². The van der Waals surface area contributed by atoms with E-state index in [4.69, 9.17) is 9.57 Å². The lowest BCUT2D eigenvalue weighted by Crippen LogP contribution is -2.21. The zero-order chi connectivity index (χ0) is 19.9. The van der Waals surface area contributed by atoms with Crippen LogP contribution in [0.3, 0.4) is 0 Å². The van der Waals surface area contributed by atoms with Gasteiger partial charge in [-0.25, -0.2) is 0 Å². The quantitative estimate of drug-likeness (QED) is 0.661. The first kappa shape index (κ1) is 18.7. The molecule has 2 aromatic carbocycles. The summed E-state index contributed by atoms with van der Waals surface area (Å²) in [6, 6.07) is 21.0. The van der Waals surface area contributed by atoms with Crippen LogP contribution in [0.15, 0.2) is 84.3 Å². The number of ether oxygens (including phenoxy) is 1. The van der Waals surface area contributed by atoms with E-state index in [1.54, 1.807) is 12.4 Å². The van der Waals surface area contributed by atoms with Gasteiger partial charge in [0.1, 0.15) is 11.5 Å². The molecule has 0 radical (unpaired) electrons. The van der Waals surface area contributed by atoms with E-state index in [1.807, 2.05) is 66.7 Å². The van der Waals surface area contributed by atoms with Crippen LogP contribution >= 0.6 is 0 Å². The van der Waals surface area contributed by atoms with Crippen LogP contribution in [0.4, 0.5) is 5.69 Å². The summed E-state index contributed by atoms with van der Waals surface area (Å²) in [6.07, 6.45) is 4.59. The first-order valence-electron chi connectivity index (χ1n) is 9.49. The fourth-order valence-corrected chi connectivity index (χ4v) is 3.03. The van der Waals surface area contributed by atoms with E-state index in [0.717, 1.165) is 17.7 Å². The molecular weight excluding hydrogens is 366 g/mol. The Bertz CT molecular complexity index is 973. The highest BCUT2D eigenvalue weighted by Gasteiger charge is 2.27. The zero-order valence-corrected chi connectivity index (χ0v) is 15.8. The van der Waals surface area contributed by atoms with Crippen molar-refractivity contribution >= 4 is 17.3 Å². The molecule has 0 saturated heterocycles. The van der Waals surface area contributed by atoms with Crippen molar-refractivity contribution in [3.63, 3.8) is 0 Å². The fourth-order valence-electron chi connectivity index (χ4n) is 3.03. The molecule has 3 aromatic rings. The van der Waals surface area contributed by atoms with Crippen LogP contribution in [0.2, 0.25) is 0 Å². The molecule has 0 saturated carbocycles. The summed E-state index contributed by atoms with van der Waals surface area (Å²) in [5.41, 5.74) is 3.25. The molecule has 1 aromatic heterocycles. The number of rotatable bonds is 7. The average molecular weight is 387 g/mol. The molecule has 2 heterocycles. The smallest absolute Gasteiger partial charge is 0.273 e. The largest absolute Gasteiger partial charge is 0.493 e. The van der Waals surface area contributed by atoms with Crippen molar-refractivity contribution in [3.8, 4) is 5.75 Å². The molecule has 0 spiro atoms. The first-order chi connectivity index (χ1) is 14.3. The van der Waals surface area contributed by atoms with Gasteiger partial charge in [0, 0.05) is 30.9 Å². The lowest BCUT2D eigenvalue weighted by molar-refractivity contribution is -0.110. The van der Waals surface area contributed by atoms with E-state index >= 15 is 0 Å². The number of amides is 1. The molecule has 1 amide bonds. The number of anilines is 1. The predicted octanol–water partition coefficient (Wildman–Crippen LogP) is 4.16. The molecule has 29 heavy (non-hydrogen) atoms. The third-order valence-corrected chi connectivity index (χ3v) is 4.62. The molecule has 1 aliphatic heterocycles. The van der Waals surface area contributed by atoms with Gasteiger partial charge >= 0.3 is 0 Å². The first-order valence-corrected chi connectivity index (χ1v) is 9.49. The topological polar surface area (TPSA) is 72.8 Å². The van der Waals surface area contributed by atoms with Crippen LogP contribution in [0.1, 0.15) is 23.7 Å². The van der Waals surface area contributed by atoms with Crippen LogP contribution in [0.25, 0.3) is 0 Å². The van der Waals surface area contributed by atoms with Crippen molar-refractivity contribution in [1.29, 1.82) is 0 Å². The van der Waals surface area contributed by atoms with Gasteiger partial charge in [0.2, 0.25) is 0 Å². The predicted molar refractivity (Wildman–Crippen MR) is 111 cm³/mol. The number of hydrogen-bond acceptors (Lipinski definition) is 5. The maximum absolute atomic E-state index is 12.4. The van der Waals surface area contributed by atoms with Crippen molar-refractivity contribution in [2.45, 2.75) is 18.9 Å². The second-order valence-corrected chi connectivity index (χ2v) is 6.68. The molecule has 1 aliphatic rings. The van der Waals surface area contributed by atoms with Gasteiger partial charge in [-0.05, 0) is 47.5 Å². The highest BCUT2D eigenvalue weighted by Crippen LogP contribution is 2.27. The molecule has 1 atom stereocenters. The van der Waals surface area contributed by atoms with E-state index in [9.17, 15) is 4.79 Å². The summed E-state index contributed by atoms with van der Waals surface area (Å²) in [6.45, 7) is 0.574. The van der Waals surface area contributed by atoms with E-state index in [2.05, 4.69) is 15.5 Å². The number of carbonyl (C=O) groups is 1. The summed E-state index contributed by atoms with van der Waals surface area (Å²) in [5, 5.41) is 6.80. The highest BCUT2D eigenvalue weighted by molar-refractivity contribution is 6.43. The number of oxime groups is 1. The number of carbonyl (C=O) groups excluding carboxylic acids is 1. The van der Waals surface area contributed by atoms with E-state index in [0.29, 0.717) is 24.4 Å². The van der Waals surface area contributed by atoms with Gasteiger partial charge in [-0.15, -0.1) is 0 Å².